The predicted octanol–water partition coefficient (Wildman–Crippen LogP) is 0.972. The fourth-order valence-electron chi connectivity index (χ4n) is 1.34. The summed E-state index contributed by atoms with van der Waals surface area (Å²) in [4.78, 5) is 1.77. The number of nitrogens with two attached hydrogens (primary N) is 1. The summed E-state index contributed by atoms with van der Waals surface area (Å²) < 4.78 is 13.3. The van der Waals surface area contributed by atoms with E-state index in [0.29, 0.717) is 18.7 Å². The van der Waals surface area contributed by atoms with Crippen LogP contribution in [-0.4, -0.2) is 31.3 Å². The Balaban J connectivity index is 2.54. The van der Waals surface area contributed by atoms with E-state index < -0.39 is 6.10 Å². The van der Waals surface area contributed by atoms with E-state index in [1.54, 1.807) is 30.1 Å². The molecule has 0 radical (unpaired) electrons. The SMILES string of the molecule is CN(CCC(O)CN)c1ccccc1F. The molecule has 0 aliphatic heterocycles. The molecule has 3 N–H and O–H groups in total. The molecule has 0 saturated carbocycles. The number of nitrogens with zero attached hydrogens (tertiary/aromatic N) is 1. The van der Waals surface area contributed by atoms with Crippen LogP contribution in [0.4, 0.5) is 10.1 Å². The maximum Gasteiger partial charge on any atom is 0.146 e. The van der Waals surface area contributed by atoms with Gasteiger partial charge in [-0.25, -0.2) is 4.39 Å². The number of hydrogen-bond acceptors (Lipinski definition) is 3. The molecule has 1 rings (SSSR count). The Morgan fingerprint density at radius 3 is 2.73 bits per heavy atom. The number of para-hydroxylation sites is 1. The molecule has 0 bridgehead atoms. The molecule has 0 aliphatic rings. The van der Waals surface area contributed by atoms with Crippen LogP contribution in [0.2, 0.25) is 0 Å². The zero-order valence-corrected chi connectivity index (χ0v) is 8.86. The molecule has 84 valence electrons. The lowest BCUT2D eigenvalue weighted by molar-refractivity contribution is 0.175. The normalized spacial score (nSPS) is 12.5. The Morgan fingerprint density at radius 1 is 1.47 bits per heavy atom. The molecule has 1 aromatic rings. The van der Waals surface area contributed by atoms with Crippen molar-refractivity contribution in [1.29, 1.82) is 0 Å². The van der Waals surface area contributed by atoms with Gasteiger partial charge in [-0.1, -0.05) is 12.1 Å². The van der Waals surface area contributed by atoms with Crippen molar-refractivity contribution in [1.82, 2.24) is 0 Å². The number of hydrogen-bond donors (Lipinski definition) is 2. The van der Waals surface area contributed by atoms with E-state index in [2.05, 4.69) is 0 Å². The molecular formula is C11H17FN2O. The maximum absolute atomic E-state index is 13.3. The van der Waals surface area contributed by atoms with Crippen LogP contribution < -0.4 is 10.6 Å². The van der Waals surface area contributed by atoms with Gasteiger partial charge in [0, 0.05) is 20.1 Å². The number of benzene rings is 1. The second kappa shape index (κ2) is 5.68. The highest BCUT2D eigenvalue weighted by Gasteiger charge is 2.08. The van der Waals surface area contributed by atoms with Crippen LogP contribution in [0.3, 0.4) is 0 Å². The average Bonchev–Trinajstić information content (AvgIpc) is 2.26. The molecule has 1 atom stereocenters. The zero-order chi connectivity index (χ0) is 11.3. The molecule has 0 spiro atoms. The Kier molecular flexibility index (Phi) is 4.52. The van der Waals surface area contributed by atoms with Crippen molar-refractivity contribution in [3.8, 4) is 0 Å². The van der Waals surface area contributed by atoms with Crippen molar-refractivity contribution in [3.05, 3.63) is 30.1 Å². The fourth-order valence-corrected chi connectivity index (χ4v) is 1.34. The Morgan fingerprint density at radius 2 is 2.13 bits per heavy atom. The Labute approximate surface area is 89.3 Å². The molecule has 4 heteroatoms. The van der Waals surface area contributed by atoms with Crippen molar-refractivity contribution in [2.75, 3.05) is 25.0 Å². The zero-order valence-electron chi connectivity index (χ0n) is 8.86. The highest BCUT2D eigenvalue weighted by atomic mass is 19.1. The van der Waals surface area contributed by atoms with Gasteiger partial charge in [-0.3, -0.25) is 0 Å². The van der Waals surface area contributed by atoms with Crippen LogP contribution >= 0.6 is 0 Å². The van der Waals surface area contributed by atoms with Crippen LogP contribution in [0.25, 0.3) is 0 Å². The predicted molar refractivity (Wildman–Crippen MR) is 59.3 cm³/mol. The van der Waals surface area contributed by atoms with Gasteiger partial charge in [-0.2, -0.15) is 0 Å². The third-order valence-electron chi connectivity index (χ3n) is 2.33. The molecule has 0 aromatic heterocycles. The van der Waals surface area contributed by atoms with Crippen molar-refractivity contribution >= 4 is 5.69 Å². The largest absolute Gasteiger partial charge is 0.392 e. The number of aliphatic hydroxyl groups is 1. The Bertz CT molecular complexity index is 306. The molecule has 0 aliphatic carbocycles. The first kappa shape index (κ1) is 11.9. The maximum atomic E-state index is 13.3. The highest BCUT2D eigenvalue weighted by molar-refractivity contribution is 5.46. The van der Waals surface area contributed by atoms with Gasteiger partial charge in [-0.05, 0) is 18.6 Å². The number of halogens is 1. The lowest BCUT2D eigenvalue weighted by Crippen LogP contribution is -2.27. The first-order chi connectivity index (χ1) is 7.15. The summed E-state index contributed by atoms with van der Waals surface area (Å²) in [6.07, 6.45) is 0.0284. The summed E-state index contributed by atoms with van der Waals surface area (Å²) in [5, 5.41) is 9.28. The van der Waals surface area contributed by atoms with E-state index in [-0.39, 0.29) is 12.4 Å². The standard InChI is InChI=1S/C11H17FN2O/c1-14(7-6-9(15)8-13)11-5-3-2-4-10(11)12/h2-5,9,15H,6-8,13H2,1H3. The fraction of sp³-hybridized carbons (Fsp3) is 0.455. The van der Waals surface area contributed by atoms with Gasteiger partial charge in [0.2, 0.25) is 0 Å². The number of rotatable bonds is 5. The highest BCUT2D eigenvalue weighted by Crippen LogP contribution is 2.17. The third-order valence-corrected chi connectivity index (χ3v) is 2.33. The van der Waals surface area contributed by atoms with Crippen LogP contribution in [0, 0.1) is 5.82 Å². The molecule has 0 amide bonds. The lowest BCUT2D eigenvalue weighted by atomic mass is 10.2. The molecule has 3 nitrogen and oxygen atoms in total. The summed E-state index contributed by atoms with van der Waals surface area (Å²) in [7, 11) is 1.79. The molecule has 0 heterocycles. The van der Waals surface area contributed by atoms with E-state index in [1.807, 2.05) is 0 Å². The van der Waals surface area contributed by atoms with Gasteiger partial charge in [0.05, 0.1) is 11.8 Å². The van der Waals surface area contributed by atoms with E-state index in [1.165, 1.54) is 6.07 Å². The van der Waals surface area contributed by atoms with Gasteiger partial charge < -0.3 is 15.7 Å². The monoisotopic (exact) mass is 212 g/mol. The van der Waals surface area contributed by atoms with E-state index in [9.17, 15) is 9.50 Å². The van der Waals surface area contributed by atoms with Crippen molar-refractivity contribution in [3.63, 3.8) is 0 Å². The smallest absolute Gasteiger partial charge is 0.146 e. The van der Waals surface area contributed by atoms with Gasteiger partial charge >= 0.3 is 0 Å². The second-order valence-corrected chi connectivity index (χ2v) is 3.55. The van der Waals surface area contributed by atoms with Crippen LogP contribution in [-0.2, 0) is 0 Å². The van der Waals surface area contributed by atoms with E-state index in [0.717, 1.165) is 0 Å². The van der Waals surface area contributed by atoms with Crippen molar-refractivity contribution in [2.24, 2.45) is 5.73 Å². The lowest BCUT2D eigenvalue weighted by Gasteiger charge is -2.21. The van der Waals surface area contributed by atoms with E-state index in [4.69, 9.17) is 5.73 Å². The van der Waals surface area contributed by atoms with E-state index >= 15 is 0 Å². The topological polar surface area (TPSA) is 49.5 Å². The molecular weight excluding hydrogens is 195 g/mol. The van der Waals surface area contributed by atoms with Crippen molar-refractivity contribution in [2.45, 2.75) is 12.5 Å². The quantitative estimate of drug-likeness (QED) is 0.764. The Hall–Kier alpha value is -1.13. The minimum atomic E-state index is -0.515. The summed E-state index contributed by atoms with van der Waals surface area (Å²) in [5.41, 5.74) is 5.83. The molecule has 15 heavy (non-hydrogen) atoms. The molecule has 0 saturated heterocycles. The molecule has 1 aromatic carbocycles. The molecule has 1 unspecified atom stereocenters. The third kappa shape index (κ3) is 3.49. The first-order valence-corrected chi connectivity index (χ1v) is 4.99. The van der Waals surface area contributed by atoms with Crippen LogP contribution in [0.15, 0.2) is 24.3 Å². The van der Waals surface area contributed by atoms with Crippen LogP contribution in [0.5, 0.6) is 0 Å². The summed E-state index contributed by atoms with van der Waals surface area (Å²) in [6.45, 7) is 0.824. The minimum absolute atomic E-state index is 0.241. The minimum Gasteiger partial charge on any atom is -0.392 e. The second-order valence-electron chi connectivity index (χ2n) is 3.55. The number of anilines is 1. The van der Waals surface area contributed by atoms with Crippen LogP contribution in [0.1, 0.15) is 6.42 Å². The van der Waals surface area contributed by atoms with Gasteiger partial charge in [0.1, 0.15) is 5.82 Å². The number of aliphatic hydroxyl groups excluding tert-OH is 1. The molecule has 0 fully saturated rings. The summed E-state index contributed by atoms with van der Waals surface area (Å²) >= 11 is 0. The van der Waals surface area contributed by atoms with Gasteiger partial charge in [-0.15, -0.1) is 0 Å². The summed E-state index contributed by atoms with van der Waals surface area (Å²) in [5.74, 6) is -0.248. The summed E-state index contributed by atoms with van der Waals surface area (Å²) in [6, 6.07) is 6.57. The van der Waals surface area contributed by atoms with Gasteiger partial charge in [0.25, 0.3) is 0 Å². The van der Waals surface area contributed by atoms with Crippen molar-refractivity contribution < 1.29 is 9.50 Å². The van der Waals surface area contributed by atoms with Gasteiger partial charge in [0.15, 0.2) is 0 Å². The first-order valence-electron chi connectivity index (χ1n) is 4.99. The average molecular weight is 212 g/mol.